The number of amides is 6. The molecule has 348 valence electrons. The van der Waals surface area contributed by atoms with Crippen LogP contribution in [-0.4, -0.2) is 95.0 Å². The number of phenolic OH excluding ortho intramolecular Hbond substituents is 2. The van der Waals surface area contributed by atoms with Gasteiger partial charge in [-0.2, -0.15) is 0 Å². The molecule has 6 atom stereocenters. The highest BCUT2D eigenvalue weighted by Gasteiger charge is 2.33. The fourth-order valence-corrected chi connectivity index (χ4v) is 7.05. The van der Waals surface area contributed by atoms with Crippen LogP contribution in [0.25, 0.3) is 0 Å². The van der Waals surface area contributed by atoms with Crippen molar-refractivity contribution < 1.29 is 39.0 Å². The monoisotopic (exact) mass is 893 g/mol. The zero-order valence-corrected chi connectivity index (χ0v) is 36.5. The van der Waals surface area contributed by atoms with Gasteiger partial charge in [-0.05, 0) is 91.7 Å². The van der Waals surface area contributed by atoms with E-state index >= 15 is 0 Å². The Kier molecular flexibility index (Phi) is 20.9. The second kappa shape index (κ2) is 26.7. The van der Waals surface area contributed by atoms with Gasteiger partial charge in [-0.15, -0.1) is 0 Å². The zero-order chi connectivity index (χ0) is 47.1. The highest BCUT2D eigenvalue weighted by atomic mass is 16.3. The van der Waals surface area contributed by atoms with Gasteiger partial charge in [-0.1, -0.05) is 91.3 Å². The van der Waals surface area contributed by atoms with Crippen molar-refractivity contribution in [2.45, 2.75) is 100 Å². The minimum atomic E-state index is -1.33. The van der Waals surface area contributed by atoms with Gasteiger partial charge in [-0.25, -0.2) is 0 Å². The first-order valence-electron chi connectivity index (χ1n) is 21.9. The van der Waals surface area contributed by atoms with Gasteiger partial charge < -0.3 is 59.7 Å². The Labute approximate surface area is 379 Å². The van der Waals surface area contributed by atoms with Crippen molar-refractivity contribution in [3.05, 3.63) is 131 Å². The first-order valence-corrected chi connectivity index (χ1v) is 21.9. The van der Waals surface area contributed by atoms with Gasteiger partial charge in [0.1, 0.15) is 41.7 Å². The Balaban J connectivity index is 1.62. The Morgan fingerprint density at radius 3 is 1.14 bits per heavy atom. The van der Waals surface area contributed by atoms with Crippen LogP contribution in [0.1, 0.15) is 60.8 Å². The van der Waals surface area contributed by atoms with E-state index in [9.17, 15) is 39.0 Å². The number of unbranched alkanes of at least 4 members (excludes halogenated alkanes) is 2. The maximum Gasteiger partial charge on any atom is 0.243 e. The summed E-state index contributed by atoms with van der Waals surface area (Å²) in [5, 5.41) is 33.5. The average Bonchev–Trinajstić information content (AvgIpc) is 3.29. The molecular formula is C48H63N9O8. The Hall–Kier alpha value is -6.82. The molecule has 4 aromatic rings. The number of hydrogen-bond acceptors (Lipinski definition) is 11. The molecule has 0 heterocycles. The lowest BCUT2D eigenvalue weighted by Gasteiger charge is -2.27. The van der Waals surface area contributed by atoms with Crippen LogP contribution in [0.3, 0.4) is 0 Å². The lowest BCUT2D eigenvalue weighted by Crippen LogP contribution is -2.60. The first-order chi connectivity index (χ1) is 31.3. The van der Waals surface area contributed by atoms with Crippen LogP contribution < -0.4 is 49.5 Å². The van der Waals surface area contributed by atoms with Crippen molar-refractivity contribution in [2.75, 3.05) is 13.1 Å². The first kappa shape index (κ1) is 50.8. The molecule has 0 radical (unpaired) electrons. The van der Waals surface area contributed by atoms with E-state index in [2.05, 4.69) is 26.6 Å². The van der Waals surface area contributed by atoms with Crippen molar-refractivity contribution in [1.29, 1.82) is 0 Å². The molecule has 17 heteroatoms. The molecule has 0 aliphatic carbocycles. The molecule has 0 saturated heterocycles. The molecule has 17 nitrogen and oxygen atoms in total. The van der Waals surface area contributed by atoms with Gasteiger partial charge in [0, 0.05) is 25.7 Å². The van der Waals surface area contributed by atoms with Crippen molar-refractivity contribution >= 4 is 35.4 Å². The number of aromatic hydroxyl groups is 2. The third-order valence-electron chi connectivity index (χ3n) is 10.8. The predicted octanol–water partition coefficient (Wildman–Crippen LogP) is 0.863. The smallest absolute Gasteiger partial charge is 0.243 e. The summed E-state index contributed by atoms with van der Waals surface area (Å²) >= 11 is 0. The molecule has 0 aliphatic rings. The second-order valence-electron chi connectivity index (χ2n) is 16.0. The number of nitrogens with one attached hydrogen (secondary N) is 5. The van der Waals surface area contributed by atoms with Crippen LogP contribution in [0.4, 0.5) is 0 Å². The second-order valence-corrected chi connectivity index (χ2v) is 16.0. The SMILES string of the molecule is NCCCC[C@H](NC(=O)[C@H](Cc1ccccc1)NC(=O)[C@@H](N)CCCCN)C(=O)N[C@@H](Cc1ccc(O)cc1)C(=O)N[C@@H](Cc1ccccc1)C(=O)N[C@@H](Cc1ccc(O)cc1)C(N)=O. The van der Waals surface area contributed by atoms with Gasteiger partial charge in [0.15, 0.2) is 0 Å². The molecule has 0 saturated carbocycles. The summed E-state index contributed by atoms with van der Waals surface area (Å²) in [6.45, 7) is 0.766. The van der Waals surface area contributed by atoms with Gasteiger partial charge in [0.2, 0.25) is 35.4 Å². The summed E-state index contributed by atoms with van der Waals surface area (Å²) < 4.78 is 0. The highest BCUT2D eigenvalue weighted by molar-refractivity contribution is 5.97. The van der Waals surface area contributed by atoms with Gasteiger partial charge >= 0.3 is 0 Å². The molecule has 15 N–H and O–H groups in total. The molecule has 0 unspecified atom stereocenters. The highest BCUT2D eigenvalue weighted by Crippen LogP contribution is 2.15. The van der Waals surface area contributed by atoms with E-state index in [-0.39, 0.29) is 43.6 Å². The lowest BCUT2D eigenvalue weighted by molar-refractivity contribution is -0.135. The topological polar surface area (TPSA) is 307 Å². The molecule has 0 bridgehead atoms. The number of carbonyl (C=O) groups is 6. The van der Waals surface area contributed by atoms with E-state index in [1.165, 1.54) is 24.3 Å². The average molecular weight is 894 g/mol. The summed E-state index contributed by atoms with van der Waals surface area (Å²) in [5.41, 5.74) is 25.9. The van der Waals surface area contributed by atoms with Crippen LogP contribution in [0.2, 0.25) is 0 Å². The summed E-state index contributed by atoms with van der Waals surface area (Å²) in [6.07, 6.45) is 2.72. The molecule has 4 aromatic carbocycles. The molecule has 65 heavy (non-hydrogen) atoms. The zero-order valence-electron chi connectivity index (χ0n) is 36.5. The number of benzene rings is 4. The molecule has 0 aromatic heterocycles. The van der Waals surface area contributed by atoms with Crippen molar-refractivity contribution in [3.63, 3.8) is 0 Å². The van der Waals surface area contributed by atoms with E-state index in [1.54, 1.807) is 78.9 Å². The predicted molar refractivity (Wildman–Crippen MR) is 247 cm³/mol. The van der Waals surface area contributed by atoms with Crippen molar-refractivity contribution in [1.82, 2.24) is 26.6 Å². The van der Waals surface area contributed by atoms with Crippen molar-refractivity contribution in [3.8, 4) is 11.5 Å². The van der Waals surface area contributed by atoms with E-state index in [1.807, 2.05) is 6.07 Å². The third kappa shape index (κ3) is 17.7. The minimum Gasteiger partial charge on any atom is -0.508 e. The fourth-order valence-electron chi connectivity index (χ4n) is 7.05. The Bertz CT molecular complexity index is 2130. The minimum absolute atomic E-state index is 0.00163. The molecule has 0 aliphatic heterocycles. The molecule has 0 fully saturated rings. The number of hydrogen-bond donors (Lipinski definition) is 11. The summed E-state index contributed by atoms with van der Waals surface area (Å²) in [6, 6.07) is 23.0. The van der Waals surface area contributed by atoms with Crippen LogP contribution in [-0.2, 0) is 54.5 Å². The van der Waals surface area contributed by atoms with E-state index in [4.69, 9.17) is 22.9 Å². The van der Waals surface area contributed by atoms with Crippen molar-refractivity contribution in [2.24, 2.45) is 22.9 Å². The molecule has 4 rings (SSSR count). The maximum absolute atomic E-state index is 14.5. The van der Waals surface area contributed by atoms with Crippen LogP contribution in [0, 0.1) is 0 Å². The van der Waals surface area contributed by atoms with Gasteiger partial charge in [0.05, 0.1) is 6.04 Å². The number of phenols is 2. The third-order valence-corrected chi connectivity index (χ3v) is 10.8. The van der Waals surface area contributed by atoms with E-state index in [0.29, 0.717) is 61.9 Å². The number of nitrogens with two attached hydrogens (primary N) is 4. The van der Waals surface area contributed by atoms with Crippen LogP contribution in [0.15, 0.2) is 109 Å². The molecular weight excluding hydrogens is 831 g/mol. The fraction of sp³-hybridized carbons (Fsp3) is 0.375. The normalized spacial score (nSPS) is 13.8. The number of carbonyl (C=O) groups excluding carboxylic acids is 6. The largest absolute Gasteiger partial charge is 0.508 e. The maximum atomic E-state index is 14.5. The summed E-state index contributed by atoms with van der Waals surface area (Å²) in [7, 11) is 0. The van der Waals surface area contributed by atoms with E-state index in [0.717, 1.165) is 5.56 Å². The summed E-state index contributed by atoms with van der Waals surface area (Å²) in [5.74, 6) is -4.23. The van der Waals surface area contributed by atoms with E-state index < -0.39 is 71.7 Å². The Morgan fingerprint density at radius 2 is 0.738 bits per heavy atom. The molecule has 6 amide bonds. The van der Waals surface area contributed by atoms with Crippen LogP contribution in [0.5, 0.6) is 11.5 Å². The molecule has 0 spiro atoms. The van der Waals surface area contributed by atoms with Gasteiger partial charge in [0.25, 0.3) is 0 Å². The Morgan fingerprint density at radius 1 is 0.415 bits per heavy atom. The lowest BCUT2D eigenvalue weighted by atomic mass is 10.00. The number of rotatable bonds is 27. The number of primary amides is 1. The van der Waals surface area contributed by atoms with Crippen LogP contribution >= 0.6 is 0 Å². The quantitative estimate of drug-likeness (QED) is 0.0373. The van der Waals surface area contributed by atoms with Gasteiger partial charge in [-0.3, -0.25) is 28.8 Å². The standard InChI is InChI=1S/C48H63N9O8/c49-25-9-7-15-37(51)44(61)55-40(28-31-11-3-1-4-12-31)46(63)53-38(16-8-10-26-50)45(62)56-42(30-34-19-23-36(59)24-20-34)48(65)57-41(29-32-13-5-2-6-14-32)47(64)54-39(43(52)60)27-33-17-21-35(58)22-18-33/h1-6,11-14,17-24,37-42,58-59H,7-10,15-16,25-30,49-51H2,(H2,52,60)(H,53,63)(H,54,64)(H,55,61)(H,56,62)(H,57,65)/t37-,38-,39-,40-,41-,42-/m0/s1. The summed E-state index contributed by atoms with van der Waals surface area (Å²) in [4.78, 5) is 82.9.